The molecule has 1 aromatic heterocycles. The van der Waals surface area contributed by atoms with Gasteiger partial charge in [0.1, 0.15) is 5.76 Å². The smallest absolute Gasteiger partial charge is 0.407 e. The van der Waals surface area contributed by atoms with Crippen LogP contribution in [0.15, 0.2) is 34.9 Å². The van der Waals surface area contributed by atoms with E-state index in [-0.39, 0.29) is 11.4 Å². The Morgan fingerprint density at radius 1 is 1.21 bits per heavy atom. The van der Waals surface area contributed by atoms with Crippen LogP contribution in [0, 0.1) is 0 Å². The molecule has 3 aliphatic rings. The van der Waals surface area contributed by atoms with E-state index < -0.39 is 6.09 Å². The Hall–Kier alpha value is -3.00. The largest absolute Gasteiger partial charge is 0.465 e. The van der Waals surface area contributed by atoms with Gasteiger partial charge in [-0.15, -0.1) is 0 Å². The summed E-state index contributed by atoms with van der Waals surface area (Å²) in [6.07, 6.45) is 5.50. The quantitative estimate of drug-likeness (QED) is 0.592. The number of hydrogen-bond acceptors (Lipinski definition) is 4. The van der Waals surface area contributed by atoms with Crippen molar-refractivity contribution in [2.24, 2.45) is 0 Å². The van der Waals surface area contributed by atoms with Crippen molar-refractivity contribution in [1.82, 2.24) is 15.0 Å². The van der Waals surface area contributed by atoms with Gasteiger partial charge in [-0.25, -0.2) is 9.59 Å². The number of rotatable bonds is 4. The number of anilines is 1. The van der Waals surface area contributed by atoms with Crippen molar-refractivity contribution in [3.8, 4) is 0 Å². The molecule has 2 N–H and O–H groups in total. The van der Waals surface area contributed by atoms with E-state index in [9.17, 15) is 14.7 Å². The minimum Gasteiger partial charge on any atom is -0.465 e. The Balaban J connectivity index is 1.26. The number of carbonyl (C=O) groups excluding carboxylic acids is 1. The second-order valence-corrected chi connectivity index (χ2v) is 10.1. The lowest BCUT2D eigenvalue weighted by molar-refractivity contribution is 0.150. The van der Waals surface area contributed by atoms with Gasteiger partial charge in [0.05, 0.1) is 16.4 Å². The minimum atomic E-state index is -0.929. The molecule has 8 nitrogen and oxygen atoms in total. The standard InChI is InChI=1S/C25H29ClN4O4/c1-25(21-15-20(34-28-21)17-5-6-17)9-13-29(14-10-25)23(31)27-22-18(3-2-4-19(22)26)16-7-11-30(12-8-16)24(32)33/h2-4,7,15,17H,5-6,8-14H2,1H3,(H,27,31)(H,32,33). The maximum atomic E-state index is 13.2. The van der Waals surface area contributed by atoms with Crippen molar-refractivity contribution >= 4 is 35.0 Å². The first-order valence-electron chi connectivity index (χ1n) is 11.8. The third-order valence-corrected chi connectivity index (χ3v) is 7.67. The number of carboxylic acid groups (broad SMARTS) is 1. The highest BCUT2D eigenvalue weighted by Crippen LogP contribution is 2.43. The number of amides is 3. The number of aromatic nitrogens is 1. The number of nitrogens with zero attached hydrogens (tertiary/aromatic N) is 3. The Kier molecular flexibility index (Phi) is 6.02. The van der Waals surface area contributed by atoms with Gasteiger partial charge >= 0.3 is 12.1 Å². The Morgan fingerprint density at radius 2 is 1.97 bits per heavy atom. The van der Waals surface area contributed by atoms with Crippen molar-refractivity contribution in [3.05, 3.63) is 52.4 Å². The average Bonchev–Trinajstić information content (AvgIpc) is 3.56. The number of nitrogens with one attached hydrogen (secondary N) is 1. The van der Waals surface area contributed by atoms with Crippen LogP contribution in [0.3, 0.4) is 0 Å². The number of likely N-dealkylation sites (tertiary alicyclic amines) is 1. The molecule has 0 spiro atoms. The van der Waals surface area contributed by atoms with E-state index in [0.717, 1.165) is 35.4 Å². The van der Waals surface area contributed by atoms with Crippen molar-refractivity contribution in [2.75, 3.05) is 31.5 Å². The van der Waals surface area contributed by atoms with Gasteiger partial charge in [-0.05, 0) is 43.7 Å². The van der Waals surface area contributed by atoms with E-state index in [2.05, 4.69) is 23.5 Å². The summed E-state index contributed by atoms with van der Waals surface area (Å²) in [5.41, 5.74) is 3.28. The molecule has 1 saturated carbocycles. The highest BCUT2D eigenvalue weighted by molar-refractivity contribution is 6.34. The predicted octanol–water partition coefficient (Wildman–Crippen LogP) is 5.56. The van der Waals surface area contributed by atoms with E-state index in [1.54, 1.807) is 6.07 Å². The molecule has 0 bridgehead atoms. The first kappa shape index (κ1) is 22.8. The number of benzene rings is 1. The van der Waals surface area contributed by atoms with Crippen LogP contribution < -0.4 is 5.32 Å². The van der Waals surface area contributed by atoms with Gasteiger partial charge in [-0.1, -0.05) is 41.9 Å². The molecule has 2 aliphatic heterocycles. The molecule has 1 aliphatic carbocycles. The second-order valence-electron chi connectivity index (χ2n) is 9.74. The maximum Gasteiger partial charge on any atom is 0.407 e. The highest BCUT2D eigenvalue weighted by atomic mass is 35.5. The lowest BCUT2D eigenvalue weighted by Crippen LogP contribution is -2.45. The summed E-state index contributed by atoms with van der Waals surface area (Å²) in [6.45, 7) is 4.16. The fraction of sp³-hybridized carbons (Fsp3) is 0.480. The Labute approximate surface area is 203 Å². The Morgan fingerprint density at radius 3 is 2.62 bits per heavy atom. The van der Waals surface area contributed by atoms with Crippen molar-refractivity contribution in [2.45, 2.75) is 50.4 Å². The lowest BCUT2D eigenvalue weighted by Gasteiger charge is -2.38. The summed E-state index contributed by atoms with van der Waals surface area (Å²) in [6, 6.07) is 7.44. The van der Waals surface area contributed by atoms with Gasteiger partial charge in [-0.2, -0.15) is 0 Å². The van der Waals surface area contributed by atoms with E-state index in [4.69, 9.17) is 16.1 Å². The van der Waals surface area contributed by atoms with Gasteiger partial charge in [0, 0.05) is 49.1 Å². The lowest BCUT2D eigenvalue weighted by atomic mass is 9.77. The van der Waals surface area contributed by atoms with Crippen molar-refractivity contribution < 1.29 is 19.2 Å². The van der Waals surface area contributed by atoms with Crippen LogP contribution in [0.4, 0.5) is 15.3 Å². The molecule has 1 saturated heterocycles. The van der Waals surface area contributed by atoms with Crippen molar-refractivity contribution in [3.63, 3.8) is 0 Å². The summed E-state index contributed by atoms with van der Waals surface area (Å²) in [5.74, 6) is 1.53. The third kappa shape index (κ3) is 4.51. The van der Waals surface area contributed by atoms with Crippen LogP contribution in [0.2, 0.25) is 5.02 Å². The second kappa shape index (κ2) is 8.98. The number of para-hydroxylation sites is 1. The molecule has 2 fully saturated rings. The zero-order valence-corrected chi connectivity index (χ0v) is 20.0. The van der Waals surface area contributed by atoms with E-state index in [0.29, 0.717) is 49.2 Å². The molecule has 180 valence electrons. The molecule has 9 heteroatoms. The number of piperidine rings is 1. The van der Waals surface area contributed by atoms with Gasteiger partial charge in [0.15, 0.2) is 0 Å². The molecule has 34 heavy (non-hydrogen) atoms. The Bertz CT molecular complexity index is 1130. The van der Waals surface area contributed by atoms with Crippen LogP contribution in [0.25, 0.3) is 5.57 Å². The van der Waals surface area contributed by atoms with E-state index in [1.165, 1.54) is 17.7 Å². The van der Waals surface area contributed by atoms with Crippen molar-refractivity contribution in [1.29, 1.82) is 0 Å². The number of halogens is 1. The molecular formula is C25H29ClN4O4. The molecule has 0 radical (unpaired) electrons. The summed E-state index contributed by atoms with van der Waals surface area (Å²) in [4.78, 5) is 27.6. The molecular weight excluding hydrogens is 456 g/mol. The van der Waals surface area contributed by atoms with Gasteiger partial charge in [0.2, 0.25) is 0 Å². The molecule has 1 aromatic carbocycles. The predicted molar refractivity (Wildman–Crippen MR) is 129 cm³/mol. The zero-order valence-electron chi connectivity index (χ0n) is 19.2. The number of hydrogen-bond donors (Lipinski definition) is 2. The monoisotopic (exact) mass is 484 g/mol. The number of urea groups is 1. The van der Waals surface area contributed by atoms with Crippen LogP contribution in [0.5, 0.6) is 0 Å². The minimum absolute atomic E-state index is 0.105. The summed E-state index contributed by atoms with van der Waals surface area (Å²) >= 11 is 6.49. The SMILES string of the molecule is CC1(c2cc(C3CC3)on2)CCN(C(=O)Nc2c(Cl)cccc2C2=CCN(C(=O)O)CC2)CC1. The van der Waals surface area contributed by atoms with Crippen LogP contribution in [-0.2, 0) is 5.41 Å². The zero-order chi connectivity index (χ0) is 23.9. The normalized spacial score (nSPS) is 20.1. The summed E-state index contributed by atoms with van der Waals surface area (Å²) in [7, 11) is 0. The van der Waals surface area contributed by atoms with E-state index >= 15 is 0 Å². The molecule has 3 heterocycles. The third-order valence-electron chi connectivity index (χ3n) is 7.35. The van der Waals surface area contributed by atoms with Crippen LogP contribution >= 0.6 is 11.6 Å². The topological polar surface area (TPSA) is 98.9 Å². The fourth-order valence-electron chi connectivity index (χ4n) is 4.79. The average molecular weight is 485 g/mol. The summed E-state index contributed by atoms with van der Waals surface area (Å²) in [5, 5.41) is 17.0. The first-order chi connectivity index (χ1) is 16.3. The van der Waals surface area contributed by atoms with Gasteiger partial charge in [0.25, 0.3) is 0 Å². The van der Waals surface area contributed by atoms with E-state index in [1.807, 2.05) is 23.1 Å². The molecule has 3 amide bonds. The maximum absolute atomic E-state index is 13.2. The van der Waals surface area contributed by atoms with Gasteiger partial charge in [-0.3, -0.25) is 0 Å². The fourth-order valence-corrected chi connectivity index (χ4v) is 5.01. The first-order valence-corrected chi connectivity index (χ1v) is 12.2. The molecule has 2 aromatic rings. The number of carbonyl (C=O) groups is 2. The molecule has 5 rings (SSSR count). The molecule has 0 atom stereocenters. The molecule has 0 unspecified atom stereocenters. The van der Waals surface area contributed by atoms with Crippen LogP contribution in [-0.4, -0.2) is 58.4 Å². The van der Waals surface area contributed by atoms with Crippen LogP contribution in [0.1, 0.15) is 62.0 Å². The summed E-state index contributed by atoms with van der Waals surface area (Å²) < 4.78 is 5.57. The van der Waals surface area contributed by atoms with Gasteiger partial charge < -0.3 is 24.7 Å². The highest BCUT2D eigenvalue weighted by Gasteiger charge is 2.38.